The van der Waals surface area contributed by atoms with Crippen LogP contribution in [0.5, 0.6) is 17.2 Å². The van der Waals surface area contributed by atoms with E-state index in [1.807, 2.05) is 23.1 Å². The third kappa shape index (κ3) is 4.77. The van der Waals surface area contributed by atoms with Gasteiger partial charge in [0.25, 0.3) is 5.91 Å². The van der Waals surface area contributed by atoms with Gasteiger partial charge < -0.3 is 23.9 Å². The smallest absolute Gasteiger partial charge is 0.260 e. The van der Waals surface area contributed by atoms with Crippen molar-refractivity contribution in [3.8, 4) is 28.4 Å². The molecule has 5 rings (SSSR count). The molecule has 7 heteroatoms. The first-order valence-electron chi connectivity index (χ1n) is 11.9. The number of rotatable bonds is 6. The zero-order chi connectivity index (χ0) is 25.1. The molecule has 1 amide bonds. The maximum atomic E-state index is 13.1. The number of fused-ring (bicyclic) bond motifs is 1. The number of phenolic OH excluding ortho intramolecular Hbond substituents is 1. The van der Waals surface area contributed by atoms with Crippen LogP contribution in [0.4, 0.5) is 0 Å². The van der Waals surface area contributed by atoms with E-state index in [4.69, 9.17) is 13.9 Å². The van der Waals surface area contributed by atoms with Crippen LogP contribution in [0.3, 0.4) is 0 Å². The van der Waals surface area contributed by atoms with Crippen LogP contribution in [0.1, 0.15) is 24.3 Å². The third-order valence-electron chi connectivity index (χ3n) is 6.71. The van der Waals surface area contributed by atoms with Gasteiger partial charge in [0.05, 0.1) is 12.7 Å². The Morgan fingerprint density at radius 2 is 1.75 bits per heavy atom. The second-order valence-corrected chi connectivity index (χ2v) is 8.88. The molecule has 1 saturated heterocycles. The Labute approximate surface area is 208 Å². The molecule has 0 atom stereocenters. The minimum absolute atomic E-state index is 0.0602. The topological polar surface area (TPSA) is 89.2 Å². The highest BCUT2D eigenvalue weighted by molar-refractivity contribution is 5.88. The third-order valence-corrected chi connectivity index (χ3v) is 6.71. The lowest BCUT2D eigenvalue weighted by atomic mass is 9.89. The van der Waals surface area contributed by atoms with Gasteiger partial charge >= 0.3 is 0 Å². The number of hydrogen-bond acceptors (Lipinski definition) is 6. The number of benzene rings is 3. The summed E-state index contributed by atoms with van der Waals surface area (Å²) in [6.07, 6.45) is 3.18. The highest BCUT2D eigenvalue weighted by Gasteiger charge is 2.24. The first-order valence-corrected chi connectivity index (χ1v) is 11.9. The van der Waals surface area contributed by atoms with Gasteiger partial charge in [-0.1, -0.05) is 42.5 Å². The molecule has 2 heterocycles. The molecule has 1 N–H and O–H groups in total. The quantitative estimate of drug-likeness (QED) is 0.415. The Morgan fingerprint density at radius 1 is 1.03 bits per heavy atom. The zero-order valence-electron chi connectivity index (χ0n) is 20.0. The second-order valence-electron chi connectivity index (χ2n) is 8.88. The van der Waals surface area contributed by atoms with Gasteiger partial charge in [-0.05, 0) is 42.0 Å². The number of likely N-dealkylation sites (tertiary alicyclic amines) is 1. The summed E-state index contributed by atoms with van der Waals surface area (Å²) in [7, 11) is 1.57. The summed E-state index contributed by atoms with van der Waals surface area (Å²) in [5.74, 6) is 1.01. The van der Waals surface area contributed by atoms with Crippen molar-refractivity contribution < 1.29 is 23.8 Å². The molecule has 3 aromatic carbocycles. The molecule has 1 aliphatic rings. The first-order chi connectivity index (χ1) is 17.5. The van der Waals surface area contributed by atoms with E-state index >= 15 is 0 Å². The monoisotopic (exact) mass is 485 g/mol. The molecule has 0 radical (unpaired) electrons. The van der Waals surface area contributed by atoms with Crippen LogP contribution >= 0.6 is 0 Å². The lowest BCUT2D eigenvalue weighted by Crippen LogP contribution is -2.40. The van der Waals surface area contributed by atoms with E-state index in [1.165, 1.54) is 24.0 Å². The molecule has 0 saturated carbocycles. The number of phenols is 1. The van der Waals surface area contributed by atoms with Gasteiger partial charge in [0.2, 0.25) is 5.43 Å². The lowest BCUT2D eigenvalue weighted by Gasteiger charge is -2.32. The van der Waals surface area contributed by atoms with Crippen LogP contribution < -0.4 is 14.9 Å². The molecule has 1 fully saturated rings. The highest BCUT2D eigenvalue weighted by atomic mass is 16.5. The lowest BCUT2D eigenvalue weighted by molar-refractivity contribution is -0.134. The van der Waals surface area contributed by atoms with Crippen LogP contribution in [-0.2, 0) is 4.79 Å². The van der Waals surface area contributed by atoms with Crippen molar-refractivity contribution in [3.63, 3.8) is 0 Å². The number of ether oxygens (including phenoxy) is 2. The van der Waals surface area contributed by atoms with Crippen LogP contribution in [0, 0.1) is 0 Å². The van der Waals surface area contributed by atoms with E-state index in [0.717, 1.165) is 12.8 Å². The number of carbonyl (C=O) groups excluding carboxylic acids is 1. The minimum atomic E-state index is -0.358. The molecule has 184 valence electrons. The normalized spacial score (nSPS) is 14.1. The minimum Gasteiger partial charge on any atom is -0.507 e. The van der Waals surface area contributed by atoms with Crippen molar-refractivity contribution >= 4 is 16.9 Å². The summed E-state index contributed by atoms with van der Waals surface area (Å²) < 4.78 is 16.5. The number of carbonyl (C=O) groups is 1. The molecule has 4 aromatic rings. The van der Waals surface area contributed by atoms with E-state index in [1.54, 1.807) is 31.4 Å². The Kier molecular flexibility index (Phi) is 6.62. The van der Waals surface area contributed by atoms with Gasteiger partial charge in [0, 0.05) is 25.2 Å². The fraction of sp³-hybridized carbons (Fsp3) is 0.241. The fourth-order valence-electron chi connectivity index (χ4n) is 4.68. The molecule has 1 aliphatic heterocycles. The Balaban J connectivity index is 1.26. The highest BCUT2D eigenvalue weighted by Crippen LogP contribution is 2.31. The van der Waals surface area contributed by atoms with Crippen LogP contribution in [-0.4, -0.2) is 42.7 Å². The van der Waals surface area contributed by atoms with Gasteiger partial charge in [-0.3, -0.25) is 9.59 Å². The van der Waals surface area contributed by atoms with E-state index in [2.05, 4.69) is 12.1 Å². The van der Waals surface area contributed by atoms with Gasteiger partial charge in [-0.2, -0.15) is 0 Å². The molecular formula is C29H27NO6. The van der Waals surface area contributed by atoms with Crippen LogP contribution in [0.15, 0.2) is 82.2 Å². The van der Waals surface area contributed by atoms with Gasteiger partial charge in [0.15, 0.2) is 6.61 Å². The molecule has 0 unspecified atom stereocenters. The Hall–Kier alpha value is -4.26. The second kappa shape index (κ2) is 10.2. The van der Waals surface area contributed by atoms with E-state index in [0.29, 0.717) is 35.9 Å². The number of nitrogens with zero attached hydrogens (tertiary/aromatic N) is 1. The number of hydrogen-bond donors (Lipinski definition) is 1. The van der Waals surface area contributed by atoms with Crippen molar-refractivity contribution in [1.82, 2.24) is 4.90 Å². The number of methoxy groups -OCH3 is 1. The number of piperidine rings is 1. The predicted octanol–water partition coefficient (Wildman–Crippen LogP) is 4.96. The van der Waals surface area contributed by atoms with E-state index in [-0.39, 0.29) is 40.4 Å². The number of aromatic hydroxyl groups is 1. The van der Waals surface area contributed by atoms with Gasteiger partial charge in [0.1, 0.15) is 34.5 Å². The average molecular weight is 486 g/mol. The molecular weight excluding hydrogens is 458 g/mol. The maximum Gasteiger partial charge on any atom is 0.260 e. The molecule has 1 aromatic heterocycles. The van der Waals surface area contributed by atoms with Crippen molar-refractivity contribution in [2.45, 2.75) is 18.8 Å². The summed E-state index contributed by atoms with van der Waals surface area (Å²) >= 11 is 0. The summed E-state index contributed by atoms with van der Waals surface area (Å²) in [6.45, 7) is 1.19. The van der Waals surface area contributed by atoms with Crippen LogP contribution in [0.2, 0.25) is 0 Å². The van der Waals surface area contributed by atoms with Crippen molar-refractivity contribution in [2.75, 3.05) is 26.8 Å². The Morgan fingerprint density at radius 3 is 2.44 bits per heavy atom. The molecule has 7 nitrogen and oxygen atoms in total. The molecule has 0 bridgehead atoms. The molecule has 0 aliphatic carbocycles. The number of amides is 1. The summed E-state index contributed by atoms with van der Waals surface area (Å²) in [5.41, 5.74) is 2.10. The standard InChI is InChI=1S/C29H27NO6/c1-34-22-9-7-21(8-10-22)24-17-36-26-16-23(15-25(31)28(26)29(24)33)35-18-27(32)30-13-11-20(12-14-30)19-5-3-2-4-6-19/h2-10,15-17,20,31H,11-14,18H2,1H3. The summed E-state index contributed by atoms with van der Waals surface area (Å²) in [4.78, 5) is 27.6. The van der Waals surface area contributed by atoms with Gasteiger partial charge in [-0.15, -0.1) is 0 Å². The predicted molar refractivity (Wildman–Crippen MR) is 137 cm³/mol. The average Bonchev–Trinajstić information content (AvgIpc) is 2.92. The molecule has 0 spiro atoms. The van der Waals surface area contributed by atoms with Gasteiger partial charge in [-0.25, -0.2) is 0 Å². The van der Waals surface area contributed by atoms with E-state index in [9.17, 15) is 14.7 Å². The van der Waals surface area contributed by atoms with Crippen molar-refractivity contribution in [3.05, 3.63) is 88.8 Å². The van der Waals surface area contributed by atoms with Crippen molar-refractivity contribution in [2.24, 2.45) is 0 Å². The summed E-state index contributed by atoms with van der Waals surface area (Å²) in [5, 5.41) is 10.6. The largest absolute Gasteiger partial charge is 0.507 e. The Bertz CT molecular complexity index is 1420. The van der Waals surface area contributed by atoms with E-state index < -0.39 is 0 Å². The van der Waals surface area contributed by atoms with Crippen molar-refractivity contribution in [1.29, 1.82) is 0 Å². The SMILES string of the molecule is COc1ccc(-c2coc3cc(OCC(=O)N4CCC(c5ccccc5)CC4)cc(O)c3c2=O)cc1. The summed E-state index contributed by atoms with van der Waals surface area (Å²) in [6, 6.07) is 20.2. The zero-order valence-corrected chi connectivity index (χ0v) is 20.0. The molecule has 36 heavy (non-hydrogen) atoms. The fourth-order valence-corrected chi connectivity index (χ4v) is 4.68. The maximum absolute atomic E-state index is 13.1. The first kappa shape index (κ1) is 23.5. The van der Waals surface area contributed by atoms with Crippen LogP contribution in [0.25, 0.3) is 22.1 Å².